The van der Waals surface area contributed by atoms with Gasteiger partial charge in [-0.3, -0.25) is 4.79 Å². The molecule has 0 saturated heterocycles. The van der Waals surface area contributed by atoms with Gasteiger partial charge in [-0.1, -0.05) is 73.2 Å². The van der Waals surface area contributed by atoms with Crippen molar-refractivity contribution < 1.29 is 4.79 Å². The van der Waals surface area contributed by atoms with E-state index in [1.807, 2.05) is 0 Å². The van der Waals surface area contributed by atoms with Gasteiger partial charge in [0, 0.05) is 5.41 Å². The van der Waals surface area contributed by atoms with Gasteiger partial charge in [0.05, 0.1) is 53.6 Å². The number of aromatic nitrogens is 2. The minimum absolute atomic E-state index is 0.177. The number of halogens is 4. The van der Waals surface area contributed by atoms with E-state index in [2.05, 4.69) is 26.1 Å². The van der Waals surface area contributed by atoms with Crippen LogP contribution in [0.5, 0.6) is 0 Å². The molecule has 31 heavy (non-hydrogen) atoms. The highest BCUT2D eigenvalue weighted by atomic mass is 35.5. The Kier molecular flexibility index (Phi) is 4.60. The normalized spacial score (nSPS) is 25.6. The fourth-order valence-electron chi connectivity index (χ4n) is 5.44. The zero-order valence-electron chi connectivity index (χ0n) is 17.1. The molecule has 1 fully saturated rings. The predicted octanol–water partition coefficient (Wildman–Crippen LogP) is 7.21. The Morgan fingerprint density at radius 2 is 1.42 bits per heavy atom. The molecule has 2 atom stereocenters. The second-order valence-corrected chi connectivity index (χ2v) is 10.7. The lowest BCUT2D eigenvalue weighted by molar-refractivity contribution is -0.125. The molecule has 2 aliphatic carbocycles. The molecule has 2 aliphatic rings. The third-order valence-corrected chi connectivity index (χ3v) is 9.02. The number of hydrogen-bond donors (Lipinski definition) is 1. The number of benzene rings is 2. The van der Waals surface area contributed by atoms with Crippen LogP contribution in [0.25, 0.3) is 11.0 Å². The van der Waals surface area contributed by atoms with E-state index < -0.39 is 10.8 Å². The largest absolute Gasteiger partial charge is 0.323 e. The minimum atomic E-state index is -0.882. The topological polar surface area (TPSA) is 54.9 Å². The summed E-state index contributed by atoms with van der Waals surface area (Å²) in [5.74, 6) is -0.177. The number of carbonyl (C=O) groups excluding carboxylic acids is 1. The van der Waals surface area contributed by atoms with Crippen molar-refractivity contribution in [3.05, 3.63) is 61.8 Å². The molecule has 0 spiro atoms. The zero-order chi connectivity index (χ0) is 22.3. The summed E-state index contributed by atoms with van der Waals surface area (Å²) in [7, 11) is 0. The van der Waals surface area contributed by atoms with E-state index in [0.717, 1.165) is 12.1 Å². The molecule has 1 aromatic heterocycles. The van der Waals surface area contributed by atoms with Crippen molar-refractivity contribution in [2.75, 3.05) is 5.32 Å². The molecule has 0 radical (unpaired) electrons. The van der Waals surface area contributed by atoms with E-state index >= 15 is 0 Å². The van der Waals surface area contributed by atoms with Crippen LogP contribution in [-0.2, 0) is 15.6 Å². The van der Waals surface area contributed by atoms with Crippen LogP contribution in [0.4, 0.5) is 5.69 Å². The standard InChI is InChI=1S/C23H19Cl4N3O/c1-21(2)22(3)7-8-23(21,20(31)30-17-11(24)5-4-6-12(17)25)19-18(22)28-15-9-13(26)14(27)10-16(15)29-19/h4-6,9-10H,7-8H2,1-3H3,(H,30,31). The second-order valence-electron chi connectivity index (χ2n) is 9.09. The molecule has 0 aliphatic heterocycles. The van der Waals surface area contributed by atoms with Gasteiger partial charge in [-0.25, -0.2) is 9.97 Å². The van der Waals surface area contributed by atoms with E-state index in [4.69, 9.17) is 56.4 Å². The van der Waals surface area contributed by atoms with Crippen LogP contribution < -0.4 is 5.32 Å². The number of anilines is 1. The van der Waals surface area contributed by atoms with Crippen molar-refractivity contribution in [2.45, 2.75) is 44.4 Å². The van der Waals surface area contributed by atoms with Crippen molar-refractivity contribution >= 4 is 69.0 Å². The van der Waals surface area contributed by atoms with Crippen molar-refractivity contribution in [1.82, 2.24) is 9.97 Å². The first kappa shape index (κ1) is 21.3. The van der Waals surface area contributed by atoms with E-state index in [-0.39, 0.29) is 11.3 Å². The van der Waals surface area contributed by atoms with Gasteiger partial charge in [0.1, 0.15) is 0 Å². The molecule has 1 amide bonds. The van der Waals surface area contributed by atoms with Crippen molar-refractivity contribution in [2.24, 2.45) is 5.41 Å². The number of carbonyl (C=O) groups is 1. The summed E-state index contributed by atoms with van der Waals surface area (Å²) in [5, 5.41) is 4.61. The smallest absolute Gasteiger partial charge is 0.237 e. The molecule has 8 heteroatoms. The zero-order valence-corrected chi connectivity index (χ0v) is 20.1. The van der Waals surface area contributed by atoms with E-state index in [0.29, 0.717) is 48.9 Å². The molecule has 1 saturated carbocycles. The van der Waals surface area contributed by atoms with E-state index in [1.165, 1.54) is 0 Å². The molecule has 160 valence electrons. The highest BCUT2D eigenvalue weighted by Crippen LogP contribution is 2.70. The summed E-state index contributed by atoms with van der Waals surface area (Å²) in [6.45, 7) is 6.39. The lowest BCUT2D eigenvalue weighted by Crippen LogP contribution is -2.48. The Hall–Kier alpha value is -1.59. The number of fused-ring (bicyclic) bond motifs is 6. The Balaban J connectivity index is 1.73. The number of amides is 1. The lowest BCUT2D eigenvalue weighted by atomic mass is 9.63. The van der Waals surface area contributed by atoms with Gasteiger partial charge in [-0.05, 0) is 42.5 Å². The maximum absolute atomic E-state index is 13.9. The molecule has 2 aromatic carbocycles. The first-order valence-corrected chi connectivity index (χ1v) is 11.5. The highest BCUT2D eigenvalue weighted by Gasteiger charge is 2.73. The highest BCUT2D eigenvalue weighted by molar-refractivity contribution is 6.42. The Labute approximate surface area is 200 Å². The molecule has 5 rings (SSSR count). The fraction of sp³-hybridized carbons (Fsp3) is 0.348. The van der Waals surface area contributed by atoms with Crippen LogP contribution in [0.1, 0.15) is 45.0 Å². The first-order valence-electron chi connectivity index (χ1n) is 9.96. The maximum Gasteiger partial charge on any atom is 0.237 e. The Morgan fingerprint density at radius 3 is 2.00 bits per heavy atom. The van der Waals surface area contributed by atoms with Gasteiger partial charge >= 0.3 is 0 Å². The van der Waals surface area contributed by atoms with Crippen LogP contribution in [0.2, 0.25) is 20.1 Å². The molecule has 4 nitrogen and oxygen atoms in total. The van der Waals surface area contributed by atoms with E-state index in [9.17, 15) is 4.79 Å². The second kappa shape index (κ2) is 6.71. The first-order chi connectivity index (χ1) is 14.5. The average Bonchev–Trinajstić information content (AvgIpc) is 3.00. The summed E-state index contributed by atoms with van der Waals surface area (Å²) in [6, 6.07) is 8.57. The van der Waals surface area contributed by atoms with Gasteiger partial charge in [0.25, 0.3) is 0 Å². The summed E-state index contributed by atoms with van der Waals surface area (Å²) < 4.78 is 0. The molecule has 2 bridgehead atoms. The third-order valence-electron chi connectivity index (χ3n) is 7.67. The fourth-order valence-corrected chi connectivity index (χ4v) is 6.25. The quantitative estimate of drug-likeness (QED) is 0.409. The molecular formula is C23H19Cl4N3O. The number of hydrogen-bond acceptors (Lipinski definition) is 3. The monoisotopic (exact) mass is 493 g/mol. The van der Waals surface area contributed by atoms with Crippen molar-refractivity contribution in [1.29, 1.82) is 0 Å². The number of nitrogens with one attached hydrogen (secondary N) is 1. The summed E-state index contributed by atoms with van der Waals surface area (Å²) in [5.41, 5.74) is 1.58. The Bertz CT molecular complexity index is 1270. The van der Waals surface area contributed by atoms with Crippen LogP contribution in [-0.4, -0.2) is 15.9 Å². The van der Waals surface area contributed by atoms with Crippen LogP contribution in [0.15, 0.2) is 30.3 Å². The van der Waals surface area contributed by atoms with Gasteiger partial charge in [0.2, 0.25) is 5.91 Å². The number of rotatable bonds is 2. The van der Waals surface area contributed by atoms with Crippen LogP contribution in [0.3, 0.4) is 0 Å². The van der Waals surface area contributed by atoms with Gasteiger partial charge < -0.3 is 5.32 Å². The average molecular weight is 495 g/mol. The molecule has 1 N–H and O–H groups in total. The van der Waals surface area contributed by atoms with E-state index in [1.54, 1.807) is 30.3 Å². The molecule has 3 aromatic rings. The van der Waals surface area contributed by atoms with Crippen LogP contribution >= 0.6 is 46.4 Å². The summed E-state index contributed by atoms with van der Waals surface area (Å²) in [4.78, 5) is 23.8. The molecule has 2 unspecified atom stereocenters. The predicted molar refractivity (Wildman–Crippen MR) is 127 cm³/mol. The number of para-hydroxylation sites is 1. The number of nitrogens with zero attached hydrogens (tertiary/aromatic N) is 2. The van der Waals surface area contributed by atoms with Crippen LogP contribution in [0, 0.1) is 5.41 Å². The third kappa shape index (κ3) is 2.59. The van der Waals surface area contributed by atoms with Gasteiger partial charge in [-0.2, -0.15) is 0 Å². The minimum Gasteiger partial charge on any atom is -0.323 e. The summed E-state index contributed by atoms with van der Waals surface area (Å²) in [6.07, 6.45) is 1.47. The van der Waals surface area contributed by atoms with Gasteiger partial charge in [-0.15, -0.1) is 0 Å². The molecular weight excluding hydrogens is 476 g/mol. The van der Waals surface area contributed by atoms with Gasteiger partial charge in [0.15, 0.2) is 0 Å². The summed E-state index contributed by atoms with van der Waals surface area (Å²) >= 11 is 25.1. The van der Waals surface area contributed by atoms with Crippen molar-refractivity contribution in [3.8, 4) is 0 Å². The molecule has 1 heterocycles. The Morgan fingerprint density at radius 1 is 0.871 bits per heavy atom. The maximum atomic E-state index is 13.9. The lowest BCUT2D eigenvalue weighted by Gasteiger charge is -2.39. The SMILES string of the molecule is CC12CCC(C(=O)Nc3c(Cl)cccc3Cl)(c3nc4cc(Cl)c(Cl)cc4nc31)C2(C)C. The van der Waals surface area contributed by atoms with Crippen molar-refractivity contribution in [3.63, 3.8) is 0 Å².